The number of fused-ring (bicyclic) bond motifs is 3. The molecule has 0 aliphatic carbocycles. The van der Waals surface area contributed by atoms with Gasteiger partial charge < -0.3 is 15.0 Å². The van der Waals surface area contributed by atoms with E-state index in [-0.39, 0.29) is 18.5 Å². The molecular formula is C27H23N3O4S. The molecule has 0 aromatic heterocycles. The Hall–Kier alpha value is -3.78. The van der Waals surface area contributed by atoms with Crippen molar-refractivity contribution in [2.45, 2.75) is 22.9 Å². The van der Waals surface area contributed by atoms with Crippen LogP contribution in [0.2, 0.25) is 0 Å². The van der Waals surface area contributed by atoms with Gasteiger partial charge in [-0.2, -0.15) is 0 Å². The van der Waals surface area contributed by atoms with Crippen LogP contribution in [0.4, 0.5) is 10.5 Å². The summed E-state index contributed by atoms with van der Waals surface area (Å²) in [6.45, 7) is -0.0323. The molecule has 0 saturated carbocycles. The Morgan fingerprint density at radius 2 is 1.74 bits per heavy atom. The van der Waals surface area contributed by atoms with Crippen molar-refractivity contribution in [3.8, 4) is 5.75 Å². The second-order valence-corrected chi connectivity index (χ2v) is 9.85. The number of carbonyl (C=O) groups is 3. The lowest BCUT2D eigenvalue weighted by Crippen LogP contribution is -2.49. The molecule has 6 rings (SSSR count). The summed E-state index contributed by atoms with van der Waals surface area (Å²) in [7, 11) is 0. The van der Waals surface area contributed by atoms with Crippen LogP contribution in [0.5, 0.6) is 5.75 Å². The van der Waals surface area contributed by atoms with Gasteiger partial charge >= 0.3 is 6.03 Å². The second-order valence-electron chi connectivity index (χ2n) is 8.79. The number of nitrogens with zero attached hydrogens (tertiary/aromatic N) is 2. The molecule has 3 aliphatic rings. The van der Waals surface area contributed by atoms with Crippen LogP contribution in [0.25, 0.3) is 0 Å². The van der Waals surface area contributed by atoms with Gasteiger partial charge in [0.1, 0.15) is 12.3 Å². The fraction of sp³-hybridized carbons (Fsp3) is 0.222. The van der Waals surface area contributed by atoms with Crippen molar-refractivity contribution in [2.75, 3.05) is 23.8 Å². The number of urea groups is 1. The molecule has 35 heavy (non-hydrogen) atoms. The number of hydrogen-bond acceptors (Lipinski definition) is 5. The number of nitrogens with one attached hydrogen (secondary N) is 1. The molecule has 0 bridgehead atoms. The van der Waals surface area contributed by atoms with Crippen LogP contribution in [0, 0.1) is 0 Å². The molecule has 7 nitrogen and oxygen atoms in total. The molecule has 3 heterocycles. The first-order valence-electron chi connectivity index (χ1n) is 11.5. The summed E-state index contributed by atoms with van der Waals surface area (Å²) in [5, 5.41) is 2.88. The standard InChI is InChI=1S/C27H23N3O4S/c31-24(30-20-11-5-7-13-23(20)35-17-21(30)18-8-2-1-3-9-18)16-29-25(32)27(28-26(29)33)14-15-34-22-12-6-4-10-19(22)27/h1-13,21H,14-17H2,(H,28,33)/t21-,27+/m0/s1. The van der Waals surface area contributed by atoms with Crippen molar-refractivity contribution in [1.82, 2.24) is 10.2 Å². The van der Waals surface area contributed by atoms with E-state index in [1.54, 1.807) is 28.8 Å². The van der Waals surface area contributed by atoms with E-state index >= 15 is 0 Å². The Kier molecular flexibility index (Phi) is 5.25. The van der Waals surface area contributed by atoms with Crippen LogP contribution < -0.4 is 15.0 Å². The Bertz CT molecular complexity index is 1330. The first-order valence-corrected chi connectivity index (χ1v) is 12.5. The molecule has 1 fully saturated rings. The smallest absolute Gasteiger partial charge is 0.325 e. The lowest BCUT2D eigenvalue weighted by molar-refractivity contribution is -0.135. The predicted octanol–water partition coefficient (Wildman–Crippen LogP) is 4.10. The van der Waals surface area contributed by atoms with Gasteiger partial charge in [-0.25, -0.2) is 4.79 Å². The Morgan fingerprint density at radius 1 is 1.00 bits per heavy atom. The lowest BCUT2D eigenvalue weighted by atomic mass is 9.84. The van der Waals surface area contributed by atoms with Crippen LogP contribution in [-0.2, 0) is 15.1 Å². The number of benzene rings is 3. The van der Waals surface area contributed by atoms with E-state index < -0.39 is 17.5 Å². The van der Waals surface area contributed by atoms with E-state index in [1.807, 2.05) is 66.7 Å². The second kappa shape index (κ2) is 8.46. The van der Waals surface area contributed by atoms with Gasteiger partial charge in [-0.1, -0.05) is 60.7 Å². The van der Waals surface area contributed by atoms with Crippen molar-refractivity contribution in [3.05, 3.63) is 90.0 Å². The molecule has 3 aromatic rings. The fourth-order valence-corrected chi connectivity index (χ4v) is 6.31. The zero-order valence-corrected chi connectivity index (χ0v) is 19.7. The van der Waals surface area contributed by atoms with Crippen molar-refractivity contribution in [2.24, 2.45) is 0 Å². The third kappa shape index (κ3) is 3.47. The zero-order chi connectivity index (χ0) is 24.0. The Labute approximate surface area is 207 Å². The van der Waals surface area contributed by atoms with Crippen molar-refractivity contribution in [1.29, 1.82) is 0 Å². The molecule has 1 N–H and O–H groups in total. The largest absolute Gasteiger partial charge is 0.493 e. The number of thioether (sulfide) groups is 1. The molecule has 3 aromatic carbocycles. The van der Waals surface area contributed by atoms with Crippen LogP contribution >= 0.6 is 11.8 Å². The maximum absolute atomic E-state index is 13.8. The van der Waals surface area contributed by atoms with Gasteiger partial charge in [-0.3, -0.25) is 14.5 Å². The van der Waals surface area contributed by atoms with Gasteiger partial charge in [0, 0.05) is 22.6 Å². The van der Waals surface area contributed by atoms with Gasteiger partial charge in [0.2, 0.25) is 5.91 Å². The molecule has 0 unspecified atom stereocenters. The van der Waals surface area contributed by atoms with E-state index in [4.69, 9.17) is 4.74 Å². The normalized spacial score (nSPS) is 22.9. The number of ether oxygens (including phenoxy) is 1. The van der Waals surface area contributed by atoms with Crippen molar-refractivity contribution in [3.63, 3.8) is 0 Å². The number of amides is 4. The average Bonchev–Trinajstić information content (AvgIpc) is 3.13. The van der Waals surface area contributed by atoms with E-state index in [0.29, 0.717) is 30.1 Å². The minimum absolute atomic E-state index is 0.206. The highest BCUT2D eigenvalue weighted by atomic mass is 32.2. The fourth-order valence-electron chi connectivity index (χ4n) is 5.14. The predicted molar refractivity (Wildman–Crippen MR) is 132 cm³/mol. The number of para-hydroxylation sites is 2. The molecule has 2 atom stereocenters. The summed E-state index contributed by atoms with van der Waals surface area (Å²) in [4.78, 5) is 44.4. The molecule has 4 amide bonds. The van der Waals surface area contributed by atoms with Gasteiger partial charge in [0.25, 0.3) is 5.91 Å². The van der Waals surface area contributed by atoms with Crippen molar-refractivity contribution < 1.29 is 19.1 Å². The third-order valence-corrected chi connectivity index (χ3v) is 7.98. The summed E-state index contributed by atoms with van der Waals surface area (Å²) in [6, 6.07) is 24.1. The molecule has 1 spiro atoms. The molecule has 8 heteroatoms. The lowest BCUT2D eigenvalue weighted by Gasteiger charge is -2.38. The maximum atomic E-state index is 13.8. The SMILES string of the molecule is O=C1N[C@@]2(CCOc3ccccc32)C(=O)N1CC(=O)N1c2ccccc2SC[C@H]1c1ccccc1. The third-order valence-electron chi connectivity index (χ3n) is 6.84. The highest BCUT2D eigenvalue weighted by Gasteiger charge is 2.55. The first kappa shape index (κ1) is 21.7. The number of imide groups is 1. The minimum atomic E-state index is -1.21. The summed E-state index contributed by atoms with van der Waals surface area (Å²) >= 11 is 1.70. The van der Waals surface area contributed by atoms with E-state index in [0.717, 1.165) is 21.0 Å². The Balaban J connectivity index is 1.33. The van der Waals surface area contributed by atoms with Crippen LogP contribution in [0.3, 0.4) is 0 Å². The zero-order valence-electron chi connectivity index (χ0n) is 18.8. The van der Waals surface area contributed by atoms with E-state index in [9.17, 15) is 14.4 Å². The maximum Gasteiger partial charge on any atom is 0.325 e. The van der Waals surface area contributed by atoms with Gasteiger partial charge in [0.15, 0.2) is 5.54 Å². The topological polar surface area (TPSA) is 79.0 Å². The molecule has 1 saturated heterocycles. The van der Waals surface area contributed by atoms with Crippen molar-refractivity contribution >= 4 is 35.3 Å². The van der Waals surface area contributed by atoms with E-state index in [2.05, 4.69) is 5.32 Å². The van der Waals surface area contributed by atoms with Gasteiger partial charge in [0.05, 0.1) is 18.3 Å². The molecule has 176 valence electrons. The minimum Gasteiger partial charge on any atom is -0.493 e. The quantitative estimate of drug-likeness (QED) is 0.566. The highest BCUT2D eigenvalue weighted by molar-refractivity contribution is 7.99. The number of carbonyl (C=O) groups excluding carboxylic acids is 3. The number of hydrogen-bond donors (Lipinski definition) is 1. The van der Waals surface area contributed by atoms with Gasteiger partial charge in [-0.05, 0) is 23.8 Å². The molecule has 3 aliphatic heterocycles. The molecule has 0 radical (unpaired) electrons. The number of rotatable bonds is 3. The van der Waals surface area contributed by atoms with E-state index in [1.165, 1.54) is 0 Å². The molecular weight excluding hydrogens is 462 g/mol. The summed E-state index contributed by atoms with van der Waals surface area (Å²) in [5.41, 5.74) is 1.22. The summed E-state index contributed by atoms with van der Waals surface area (Å²) in [6.07, 6.45) is 0.315. The van der Waals surface area contributed by atoms with Crippen LogP contribution in [-0.4, -0.2) is 41.6 Å². The highest BCUT2D eigenvalue weighted by Crippen LogP contribution is 2.44. The van der Waals surface area contributed by atoms with Crippen LogP contribution in [0.1, 0.15) is 23.6 Å². The van der Waals surface area contributed by atoms with Gasteiger partial charge in [-0.15, -0.1) is 11.8 Å². The summed E-state index contributed by atoms with van der Waals surface area (Å²) < 4.78 is 5.71. The first-order chi connectivity index (χ1) is 17.1. The number of anilines is 1. The average molecular weight is 486 g/mol. The monoisotopic (exact) mass is 485 g/mol. The summed E-state index contributed by atoms with van der Waals surface area (Å²) in [5.74, 6) is 0.545. The Morgan fingerprint density at radius 3 is 2.60 bits per heavy atom. The van der Waals surface area contributed by atoms with Crippen LogP contribution in [0.15, 0.2) is 83.8 Å².